The standard InChI is InChI=1S/C46H50N6O5S/c1-32(47-31-43(53)41-20-23-44(48-30-41)52-33(2)12-13-34(52)3)24-38-10-7-11-39(25-38)26-45(54)49-27-36-14-18-40(19-15-36)46(55)50-28-37-16-21-42(22-17-37)58(56,57)51-29-35-8-5-4-6-9-35/h4-23,25,30,32,43,47,51,53H,24,26-29,31H2,1-3H3,(H,49,54)(H,50,55)/t32-,43+/m1/s1. The fourth-order valence-electron chi connectivity index (χ4n) is 6.63. The van der Waals surface area contributed by atoms with Crippen LogP contribution in [0.25, 0.3) is 5.82 Å². The molecular weight excluding hydrogens is 749 g/mol. The molecule has 300 valence electrons. The molecule has 0 unspecified atom stereocenters. The van der Waals surface area contributed by atoms with E-state index in [4.69, 9.17) is 0 Å². The molecule has 0 aliphatic rings. The number of sulfonamides is 1. The van der Waals surface area contributed by atoms with E-state index in [1.54, 1.807) is 42.6 Å². The Morgan fingerprint density at radius 2 is 1.33 bits per heavy atom. The van der Waals surface area contributed by atoms with Crippen molar-refractivity contribution in [1.82, 2.24) is 30.2 Å². The van der Waals surface area contributed by atoms with Crippen LogP contribution in [0.4, 0.5) is 0 Å². The number of aryl methyl sites for hydroxylation is 2. The van der Waals surface area contributed by atoms with Crippen molar-refractivity contribution >= 4 is 21.8 Å². The van der Waals surface area contributed by atoms with Gasteiger partial charge < -0.3 is 25.6 Å². The third-order valence-electron chi connectivity index (χ3n) is 9.92. The molecule has 0 fully saturated rings. The predicted octanol–water partition coefficient (Wildman–Crippen LogP) is 6.01. The fourth-order valence-corrected chi connectivity index (χ4v) is 7.65. The van der Waals surface area contributed by atoms with E-state index >= 15 is 0 Å². The second kappa shape index (κ2) is 19.5. The normalized spacial score (nSPS) is 12.5. The van der Waals surface area contributed by atoms with E-state index in [9.17, 15) is 23.1 Å². The Balaban J connectivity index is 0.899. The van der Waals surface area contributed by atoms with Gasteiger partial charge in [0.25, 0.3) is 5.91 Å². The summed E-state index contributed by atoms with van der Waals surface area (Å²) in [6, 6.07) is 38.7. The lowest BCUT2D eigenvalue weighted by molar-refractivity contribution is -0.120. The van der Waals surface area contributed by atoms with E-state index in [1.807, 2.05) is 80.6 Å². The summed E-state index contributed by atoms with van der Waals surface area (Å²) in [5.41, 5.74) is 7.91. The van der Waals surface area contributed by atoms with Crippen LogP contribution in [0, 0.1) is 13.8 Å². The third kappa shape index (κ3) is 11.6. The minimum Gasteiger partial charge on any atom is -0.387 e. The molecule has 58 heavy (non-hydrogen) atoms. The van der Waals surface area contributed by atoms with Gasteiger partial charge in [0.15, 0.2) is 0 Å². The second-order valence-electron chi connectivity index (χ2n) is 14.5. The first-order chi connectivity index (χ1) is 27.9. The number of amides is 2. The number of hydrogen-bond donors (Lipinski definition) is 5. The molecule has 0 saturated carbocycles. The van der Waals surface area contributed by atoms with Crippen LogP contribution in [0.15, 0.2) is 138 Å². The van der Waals surface area contributed by atoms with Gasteiger partial charge in [-0.15, -0.1) is 0 Å². The van der Waals surface area contributed by atoms with Crippen molar-refractivity contribution in [2.75, 3.05) is 6.54 Å². The van der Waals surface area contributed by atoms with E-state index in [-0.39, 0.29) is 42.3 Å². The lowest BCUT2D eigenvalue weighted by Crippen LogP contribution is -2.32. The smallest absolute Gasteiger partial charge is 0.251 e. The lowest BCUT2D eigenvalue weighted by atomic mass is 10.0. The summed E-state index contributed by atoms with van der Waals surface area (Å²) in [5.74, 6) is 0.449. The van der Waals surface area contributed by atoms with Gasteiger partial charge in [-0.2, -0.15) is 0 Å². The van der Waals surface area contributed by atoms with E-state index < -0.39 is 16.1 Å². The van der Waals surface area contributed by atoms with Crippen LogP contribution in [0.2, 0.25) is 0 Å². The van der Waals surface area contributed by atoms with Crippen molar-refractivity contribution in [2.24, 2.45) is 0 Å². The minimum atomic E-state index is -3.68. The number of aliphatic hydroxyl groups is 1. The van der Waals surface area contributed by atoms with Crippen LogP contribution in [0.3, 0.4) is 0 Å². The highest BCUT2D eigenvalue weighted by molar-refractivity contribution is 7.89. The number of pyridine rings is 1. The van der Waals surface area contributed by atoms with Crippen molar-refractivity contribution in [1.29, 1.82) is 0 Å². The van der Waals surface area contributed by atoms with Gasteiger partial charge in [-0.25, -0.2) is 18.1 Å². The van der Waals surface area contributed by atoms with Gasteiger partial charge in [-0.3, -0.25) is 9.59 Å². The van der Waals surface area contributed by atoms with E-state index in [2.05, 4.69) is 49.3 Å². The molecule has 2 amide bonds. The number of nitrogens with one attached hydrogen (secondary N) is 4. The maximum atomic E-state index is 12.9. The number of hydrogen-bond acceptors (Lipinski definition) is 7. The van der Waals surface area contributed by atoms with Crippen LogP contribution in [0.1, 0.15) is 68.2 Å². The van der Waals surface area contributed by atoms with Gasteiger partial charge in [0.2, 0.25) is 15.9 Å². The molecule has 5 N–H and O–H groups in total. The van der Waals surface area contributed by atoms with Crippen molar-refractivity contribution in [3.63, 3.8) is 0 Å². The first-order valence-corrected chi connectivity index (χ1v) is 20.8. The molecule has 0 bridgehead atoms. The summed E-state index contributed by atoms with van der Waals surface area (Å²) in [4.78, 5) is 30.4. The third-order valence-corrected chi connectivity index (χ3v) is 11.3. The number of aliphatic hydroxyl groups excluding tert-OH is 1. The van der Waals surface area contributed by atoms with Crippen molar-refractivity contribution < 1.29 is 23.1 Å². The number of rotatable bonds is 18. The maximum Gasteiger partial charge on any atom is 0.251 e. The monoisotopic (exact) mass is 798 g/mol. The first kappa shape index (κ1) is 41.7. The second-order valence-corrected chi connectivity index (χ2v) is 16.3. The Morgan fingerprint density at radius 1 is 0.707 bits per heavy atom. The van der Waals surface area contributed by atoms with E-state index in [0.717, 1.165) is 57.0 Å². The summed E-state index contributed by atoms with van der Waals surface area (Å²) in [6.45, 7) is 7.29. The molecule has 12 heteroatoms. The largest absolute Gasteiger partial charge is 0.387 e. The highest BCUT2D eigenvalue weighted by Crippen LogP contribution is 2.18. The van der Waals surface area contributed by atoms with Gasteiger partial charge in [0.1, 0.15) is 5.82 Å². The summed E-state index contributed by atoms with van der Waals surface area (Å²) in [7, 11) is -3.68. The molecule has 0 aliphatic heterocycles. The number of carbonyl (C=O) groups excluding carboxylic acids is 2. The molecule has 2 aromatic heterocycles. The Kier molecular flexibility index (Phi) is 14.0. The van der Waals surface area contributed by atoms with Crippen LogP contribution in [-0.2, 0) is 47.3 Å². The van der Waals surface area contributed by atoms with Gasteiger partial charge in [0, 0.05) is 60.9 Å². The van der Waals surface area contributed by atoms with E-state index in [1.165, 1.54) is 12.1 Å². The zero-order chi connectivity index (χ0) is 41.1. The average molecular weight is 799 g/mol. The minimum absolute atomic E-state index is 0.0900. The van der Waals surface area contributed by atoms with Crippen LogP contribution in [-0.4, -0.2) is 47.5 Å². The number of nitrogens with zero attached hydrogens (tertiary/aromatic N) is 2. The Labute approximate surface area is 340 Å². The molecule has 0 radical (unpaired) electrons. The molecule has 6 rings (SSSR count). The summed E-state index contributed by atoms with van der Waals surface area (Å²) < 4.78 is 30.1. The highest BCUT2D eigenvalue weighted by Gasteiger charge is 2.15. The zero-order valence-electron chi connectivity index (χ0n) is 33.0. The highest BCUT2D eigenvalue weighted by atomic mass is 32.2. The molecule has 6 aromatic rings. The SMILES string of the molecule is Cc1ccc(C)n1-c1ccc([C@@H](O)CN[C@H](C)Cc2cccc(CC(=O)NCc3ccc(C(=O)NCc4ccc(S(=O)(=O)NCc5ccccc5)cc4)cc3)c2)cn1. The van der Waals surface area contributed by atoms with Crippen LogP contribution >= 0.6 is 0 Å². The molecule has 0 saturated heterocycles. The molecule has 11 nitrogen and oxygen atoms in total. The lowest BCUT2D eigenvalue weighted by Gasteiger charge is -2.18. The summed E-state index contributed by atoms with van der Waals surface area (Å²) >= 11 is 0. The predicted molar refractivity (Wildman–Crippen MR) is 226 cm³/mol. The maximum absolute atomic E-state index is 12.9. The molecule has 2 atom stereocenters. The van der Waals surface area contributed by atoms with Crippen LogP contribution < -0.4 is 20.7 Å². The number of carbonyl (C=O) groups is 2. The topological polar surface area (TPSA) is 154 Å². The van der Waals surface area contributed by atoms with Gasteiger partial charge in [0.05, 0.1) is 17.4 Å². The van der Waals surface area contributed by atoms with Gasteiger partial charge in [-0.1, -0.05) is 84.9 Å². The summed E-state index contributed by atoms with van der Waals surface area (Å²) in [6.07, 6.45) is 2.00. The molecule has 4 aromatic carbocycles. The average Bonchev–Trinajstić information content (AvgIpc) is 3.58. The number of benzene rings is 4. The van der Waals surface area contributed by atoms with Crippen molar-refractivity contribution in [3.8, 4) is 5.82 Å². The van der Waals surface area contributed by atoms with Crippen molar-refractivity contribution in [3.05, 3.63) is 184 Å². The summed E-state index contributed by atoms with van der Waals surface area (Å²) in [5, 5.41) is 20.1. The number of aromatic nitrogens is 2. The Hall–Kier alpha value is -5.92. The Bertz CT molecular complexity index is 2380. The van der Waals surface area contributed by atoms with Gasteiger partial charge in [-0.05, 0) is 97.5 Å². The quantitative estimate of drug-likeness (QED) is 0.0714. The molecule has 0 aliphatic carbocycles. The molecule has 2 heterocycles. The van der Waals surface area contributed by atoms with Crippen LogP contribution in [0.5, 0.6) is 0 Å². The van der Waals surface area contributed by atoms with Crippen molar-refractivity contribution in [2.45, 2.75) is 70.3 Å². The van der Waals surface area contributed by atoms with E-state index in [0.29, 0.717) is 18.7 Å². The molecular formula is C46H50N6O5S. The van der Waals surface area contributed by atoms with Gasteiger partial charge >= 0.3 is 0 Å². The zero-order valence-corrected chi connectivity index (χ0v) is 33.8. The first-order valence-electron chi connectivity index (χ1n) is 19.3. The molecule has 0 spiro atoms. The fraction of sp³-hybridized carbons (Fsp3) is 0.239. The Morgan fingerprint density at radius 3 is 2.00 bits per heavy atom.